The van der Waals surface area contributed by atoms with Gasteiger partial charge in [0.1, 0.15) is 54.2 Å². The van der Waals surface area contributed by atoms with E-state index >= 15 is 0 Å². The summed E-state index contributed by atoms with van der Waals surface area (Å²) in [5.74, 6) is 0.559. The van der Waals surface area contributed by atoms with Gasteiger partial charge in [0.05, 0.1) is 16.5 Å². The van der Waals surface area contributed by atoms with Crippen LogP contribution in [0.15, 0.2) is 116 Å². The molecular formula is C45H45Cl2N11O4. The second-order valence-electron chi connectivity index (χ2n) is 15.3. The first kappa shape index (κ1) is 44.4. The van der Waals surface area contributed by atoms with E-state index in [9.17, 15) is 14.9 Å². The number of alkyl carbamates (subject to hydrolysis) is 2. The number of benzene rings is 4. The lowest BCUT2D eigenvalue weighted by Crippen LogP contribution is -2.42. The number of carbonyl (C=O) groups excluding carboxylic acids is 2. The molecule has 62 heavy (non-hydrogen) atoms. The van der Waals surface area contributed by atoms with Gasteiger partial charge in [-0.2, -0.15) is 15.5 Å². The number of halogens is 2. The van der Waals surface area contributed by atoms with E-state index in [2.05, 4.69) is 31.8 Å². The fourth-order valence-electron chi connectivity index (χ4n) is 6.29. The minimum atomic E-state index is -0.702. The Morgan fingerprint density at radius 3 is 1.61 bits per heavy atom. The van der Waals surface area contributed by atoms with Crippen LogP contribution in [0.5, 0.6) is 0 Å². The van der Waals surface area contributed by atoms with Gasteiger partial charge in [-0.3, -0.25) is 0 Å². The van der Waals surface area contributed by atoms with Crippen LogP contribution in [0, 0.1) is 11.3 Å². The van der Waals surface area contributed by atoms with Crippen molar-refractivity contribution < 1.29 is 19.1 Å². The van der Waals surface area contributed by atoms with E-state index in [-0.39, 0.29) is 37.7 Å². The molecule has 0 radical (unpaired) electrons. The van der Waals surface area contributed by atoms with Crippen molar-refractivity contribution in [3.63, 3.8) is 0 Å². The molecule has 0 aliphatic carbocycles. The summed E-state index contributed by atoms with van der Waals surface area (Å²) in [6, 6.07) is 35.4. The number of nitrogen functional groups attached to an aromatic ring is 2. The maximum atomic E-state index is 12.2. The smallest absolute Gasteiger partial charge is 0.407 e. The Kier molecular flexibility index (Phi) is 14.0. The fraction of sp³-hybridized carbons (Fsp3) is 0.222. The highest BCUT2D eigenvalue weighted by Gasteiger charge is 2.30. The molecule has 0 saturated carbocycles. The Bertz CT molecular complexity index is 2680. The SMILES string of the molecule is CC(C)(CNC(=O)OCc1ccccc1)n1nc(-c2ccc(Cl)cc2)c(C#N)c1N.CC(C)(CNC(=O)OCc1ccccc1)n1nc(-c2ccc(Cl)cc2)c2c(N)ncnc21. The molecule has 0 bridgehead atoms. The molecule has 3 aromatic heterocycles. The molecule has 0 aliphatic heterocycles. The Morgan fingerprint density at radius 1 is 0.677 bits per heavy atom. The first-order valence-corrected chi connectivity index (χ1v) is 20.1. The zero-order chi connectivity index (χ0) is 44.4. The quantitative estimate of drug-likeness (QED) is 0.0911. The average molecular weight is 875 g/mol. The van der Waals surface area contributed by atoms with E-state index in [1.54, 1.807) is 45.8 Å². The van der Waals surface area contributed by atoms with Crippen LogP contribution in [0.1, 0.15) is 44.4 Å². The molecule has 318 valence electrons. The van der Waals surface area contributed by atoms with Gasteiger partial charge in [-0.25, -0.2) is 28.9 Å². The molecule has 0 atom stereocenters. The zero-order valence-corrected chi connectivity index (χ0v) is 36.0. The molecule has 17 heteroatoms. The van der Waals surface area contributed by atoms with Gasteiger partial charge in [-0.05, 0) is 63.1 Å². The number of anilines is 2. The second-order valence-corrected chi connectivity index (χ2v) is 16.2. The van der Waals surface area contributed by atoms with Crippen LogP contribution in [-0.2, 0) is 33.8 Å². The van der Waals surface area contributed by atoms with Crippen molar-refractivity contribution in [3.8, 4) is 28.6 Å². The van der Waals surface area contributed by atoms with Crippen molar-refractivity contribution in [3.05, 3.63) is 142 Å². The largest absolute Gasteiger partial charge is 0.445 e. The summed E-state index contributed by atoms with van der Waals surface area (Å²) >= 11 is 12.0. The second kappa shape index (κ2) is 19.5. The van der Waals surface area contributed by atoms with E-state index in [1.807, 2.05) is 100 Å². The molecule has 15 nitrogen and oxygen atoms in total. The molecule has 2 amide bonds. The standard InChI is InChI=1S/C23H23ClN6O2.C22H22ClN5O2/c1-23(2,13-26-22(31)32-12-15-6-4-3-5-7-15)30-21-18(20(25)27-14-28-21)19(29-30)16-8-10-17(24)11-9-16;1-22(2,14-26-21(29)30-13-15-6-4-3-5-7-15)28-20(25)18(12-24)19(27-28)16-8-10-17(23)11-9-16/h3-11,14H,12-13H2,1-2H3,(H,26,31)(H2,25,27,28);3-11H,13-14,25H2,1-2H3,(H,26,29). The van der Waals surface area contributed by atoms with E-state index in [1.165, 1.54) is 6.33 Å². The lowest BCUT2D eigenvalue weighted by molar-refractivity contribution is 0.134. The van der Waals surface area contributed by atoms with Crippen LogP contribution in [0.25, 0.3) is 33.5 Å². The minimum Gasteiger partial charge on any atom is -0.445 e. The van der Waals surface area contributed by atoms with Gasteiger partial charge in [0.25, 0.3) is 0 Å². The van der Waals surface area contributed by atoms with E-state index in [0.717, 1.165) is 22.3 Å². The summed E-state index contributed by atoms with van der Waals surface area (Å²) in [6.45, 7) is 8.46. The number of nitrogens with two attached hydrogens (primary N) is 2. The number of nitrogens with one attached hydrogen (secondary N) is 2. The lowest BCUT2D eigenvalue weighted by atomic mass is 10.1. The third kappa shape index (κ3) is 10.8. The van der Waals surface area contributed by atoms with Crippen molar-refractivity contribution in [2.45, 2.75) is 52.0 Å². The van der Waals surface area contributed by atoms with Gasteiger partial charge in [0.2, 0.25) is 0 Å². The van der Waals surface area contributed by atoms with Crippen molar-refractivity contribution in [2.75, 3.05) is 24.6 Å². The normalized spacial score (nSPS) is 11.2. The molecule has 0 unspecified atom stereocenters. The van der Waals surface area contributed by atoms with Crippen LogP contribution < -0.4 is 22.1 Å². The molecule has 3 heterocycles. The Balaban J connectivity index is 0.000000207. The van der Waals surface area contributed by atoms with E-state index in [4.69, 9.17) is 49.2 Å². The van der Waals surface area contributed by atoms with Gasteiger partial charge < -0.3 is 31.6 Å². The van der Waals surface area contributed by atoms with Gasteiger partial charge in [0.15, 0.2) is 5.65 Å². The number of aromatic nitrogens is 6. The minimum absolute atomic E-state index is 0.177. The van der Waals surface area contributed by atoms with Gasteiger partial charge in [-0.15, -0.1) is 0 Å². The van der Waals surface area contributed by atoms with Crippen molar-refractivity contribution >= 4 is 58.1 Å². The molecule has 7 rings (SSSR count). The predicted molar refractivity (Wildman–Crippen MR) is 240 cm³/mol. The molecule has 4 aromatic carbocycles. The third-order valence-electron chi connectivity index (χ3n) is 9.67. The molecule has 0 fully saturated rings. The van der Waals surface area contributed by atoms with Gasteiger partial charge >= 0.3 is 12.2 Å². The molecule has 0 saturated heterocycles. The average Bonchev–Trinajstić information content (AvgIpc) is 3.85. The van der Waals surface area contributed by atoms with Crippen molar-refractivity contribution in [1.29, 1.82) is 5.26 Å². The van der Waals surface area contributed by atoms with Crippen molar-refractivity contribution in [1.82, 2.24) is 40.2 Å². The number of nitrogens with zero attached hydrogens (tertiary/aromatic N) is 7. The summed E-state index contributed by atoms with van der Waals surface area (Å²) in [4.78, 5) is 32.9. The first-order valence-electron chi connectivity index (χ1n) is 19.4. The van der Waals surface area contributed by atoms with Crippen LogP contribution in [0.2, 0.25) is 10.0 Å². The summed E-state index contributed by atoms with van der Waals surface area (Å²) in [7, 11) is 0. The van der Waals surface area contributed by atoms with E-state index < -0.39 is 23.3 Å². The summed E-state index contributed by atoms with van der Waals surface area (Å²) < 4.78 is 13.9. The van der Waals surface area contributed by atoms with Crippen LogP contribution in [0.3, 0.4) is 0 Å². The number of amides is 2. The lowest BCUT2D eigenvalue weighted by Gasteiger charge is -2.26. The Labute approximate surface area is 368 Å². The first-order chi connectivity index (χ1) is 29.7. The van der Waals surface area contributed by atoms with Crippen LogP contribution >= 0.6 is 23.2 Å². The highest BCUT2D eigenvalue weighted by molar-refractivity contribution is 6.31. The number of nitriles is 1. The molecular weight excluding hydrogens is 829 g/mol. The Hall–Kier alpha value is -7.15. The molecule has 0 aliphatic rings. The number of fused-ring (bicyclic) bond motifs is 1. The summed E-state index contributed by atoms with van der Waals surface area (Å²) in [5.41, 5.74) is 16.4. The maximum Gasteiger partial charge on any atom is 0.407 e. The highest BCUT2D eigenvalue weighted by Crippen LogP contribution is 2.34. The third-order valence-corrected chi connectivity index (χ3v) is 10.2. The highest BCUT2D eigenvalue weighted by atomic mass is 35.5. The van der Waals surface area contributed by atoms with Crippen LogP contribution in [0.4, 0.5) is 21.2 Å². The molecule has 7 aromatic rings. The maximum absolute atomic E-state index is 12.2. The summed E-state index contributed by atoms with van der Waals surface area (Å²) in [6.07, 6.45) is 0.348. The molecule has 0 spiro atoms. The van der Waals surface area contributed by atoms with Crippen LogP contribution in [-0.4, -0.2) is 54.8 Å². The summed E-state index contributed by atoms with van der Waals surface area (Å²) in [5, 5.41) is 26.3. The number of rotatable bonds is 12. The Morgan fingerprint density at radius 2 is 1.13 bits per heavy atom. The number of hydrogen-bond acceptors (Lipinski definition) is 11. The number of ether oxygens (including phenoxy) is 2. The zero-order valence-electron chi connectivity index (χ0n) is 34.5. The fourth-order valence-corrected chi connectivity index (χ4v) is 6.55. The predicted octanol–water partition coefficient (Wildman–Crippen LogP) is 8.71. The number of hydrogen-bond donors (Lipinski definition) is 4. The number of carbonyl (C=O) groups is 2. The van der Waals surface area contributed by atoms with E-state index in [0.29, 0.717) is 38.3 Å². The topological polar surface area (TPSA) is 214 Å². The van der Waals surface area contributed by atoms with Gasteiger partial charge in [-0.1, -0.05) is 108 Å². The van der Waals surface area contributed by atoms with Gasteiger partial charge in [0, 0.05) is 34.3 Å². The molecule has 6 N–H and O–H groups in total. The monoisotopic (exact) mass is 873 g/mol. The van der Waals surface area contributed by atoms with Crippen molar-refractivity contribution in [2.24, 2.45) is 0 Å².